The van der Waals surface area contributed by atoms with Gasteiger partial charge >= 0.3 is 0 Å². The van der Waals surface area contributed by atoms with Crippen LogP contribution in [0.15, 0.2) is 54.9 Å². The smallest absolute Gasteiger partial charge is 0.222 e. The zero-order valence-electron chi connectivity index (χ0n) is 20.1. The van der Waals surface area contributed by atoms with Crippen molar-refractivity contribution in [3.8, 4) is 22.9 Å². The van der Waals surface area contributed by atoms with Gasteiger partial charge in [-0.15, -0.1) is 0 Å². The average molecular weight is 465 g/mol. The third kappa shape index (κ3) is 5.34. The maximum absolute atomic E-state index is 12.8. The summed E-state index contributed by atoms with van der Waals surface area (Å²) in [7, 11) is 4.87. The minimum Gasteiger partial charge on any atom is -0.493 e. The SMILES string of the molecule is COc1ccc(CN2CCN(C(=O)CCc3cnn(-c4ccccc4)c3)CC2)c(OC)c1OC. The number of amides is 1. The Morgan fingerprint density at radius 1 is 0.912 bits per heavy atom. The normalized spacial score (nSPS) is 14.1. The molecule has 0 unspecified atom stereocenters. The minimum atomic E-state index is 0.191. The van der Waals surface area contributed by atoms with E-state index in [1.165, 1.54) is 0 Å². The number of para-hydroxylation sites is 1. The molecule has 4 rings (SSSR count). The van der Waals surface area contributed by atoms with Crippen LogP contribution < -0.4 is 14.2 Å². The second kappa shape index (κ2) is 11.1. The van der Waals surface area contributed by atoms with Gasteiger partial charge in [-0.25, -0.2) is 4.68 Å². The number of nitrogens with zero attached hydrogens (tertiary/aromatic N) is 4. The molecule has 0 aliphatic carbocycles. The van der Waals surface area contributed by atoms with Crippen molar-refractivity contribution in [1.82, 2.24) is 19.6 Å². The quantitative estimate of drug-likeness (QED) is 0.485. The van der Waals surface area contributed by atoms with Gasteiger partial charge in [0, 0.05) is 50.9 Å². The third-order valence-electron chi connectivity index (χ3n) is 6.19. The van der Waals surface area contributed by atoms with Crippen LogP contribution in [0.2, 0.25) is 0 Å². The molecule has 8 nitrogen and oxygen atoms in total. The maximum Gasteiger partial charge on any atom is 0.222 e. The first-order valence-corrected chi connectivity index (χ1v) is 11.5. The molecule has 1 amide bonds. The van der Waals surface area contributed by atoms with Crippen molar-refractivity contribution in [3.63, 3.8) is 0 Å². The summed E-state index contributed by atoms with van der Waals surface area (Å²) in [6.07, 6.45) is 5.02. The monoisotopic (exact) mass is 464 g/mol. The summed E-state index contributed by atoms with van der Waals surface area (Å²) in [5.74, 6) is 2.13. The van der Waals surface area contributed by atoms with E-state index in [0.29, 0.717) is 30.1 Å². The molecule has 0 radical (unpaired) electrons. The lowest BCUT2D eigenvalue weighted by Crippen LogP contribution is -2.48. The van der Waals surface area contributed by atoms with Crippen LogP contribution in [0.3, 0.4) is 0 Å². The number of aromatic nitrogens is 2. The molecule has 3 aromatic rings. The van der Waals surface area contributed by atoms with Gasteiger partial charge in [0.2, 0.25) is 11.7 Å². The third-order valence-corrected chi connectivity index (χ3v) is 6.19. The standard InChI is InChI=1S/C26H32N4O4/c1-32-23-11-10-21(25(33-2)26(23)34-3)19-28-13-15-29(16-14-28)24(31)12-9-20-17-27-30(18-20)22-7-5-4-6-8-22/h4-8,10-11,17-18H,9,12-16,19H2,1-3H3. The van der Waals surface area contributed by atoms with E-state index < -0.39 is 0 Å². The van der Waals surface area contributed by atoms with Gasteiger partial charge in [-0.3, -0.25) is 9.69 Å². The van der Waals surface area contributed by atoms with E-state index in [1.807, 2.05) is 64.4 Å². The topological polar surface area (TPSA) is 69.1 Å². The average Bonchev–Trinajstić information content (AvgIpc) is 3.37. The lowest BCUT2D eigenvalue weighted by molar-refractivity contribution is -0.133. The molecular weight excluding hydrogens is 432 g/mol. The molecule has 0 atom stereocenters. The molecule has 0 spiro atoms. The molecule has 1 fully saturated rings. The Bertz CT molecular complexity index is 1090. The van der Waals surface area contributed by atoms with Crippen LogP contribution in [0.1, 0.15) is 17.5 Å². The van der Waals surface area contributed by atoms with E-state index in [1.54, 1.807) is 21.3 Å². The number of rotatable bonds is 9. The van der Waals surface area contributed by atoms with Crippen molar-refractivity contribution in [1.29, 1.82) is 0 Å². The van der Waals surface area contributed by atoms with E-state index in [-0.39, 0.29) is 5.91 Å². The number of carbonyl (C=O) groups is 1. The largest absolute Gasteiger partial charge is 0.493 e. The van der Waals surface area contributed by atoms with Crippen LogP contribution in [0.4, 0.5) is 0 Å². The highest BCUT2D eigenvalue weighted by Crippen LogP contribution is 2.40. The minimum absolute atomic E-state index is 0.191. The Morgan fingerprint density at radius 2 is 1.65 bits per heavy atom. The van der Waals surface area contributed by atoms with Gasteiger partial charge in [0.15, 0.2) is 11.5 Å². The predicted octanol–water partition coefficient (Wildman–Crippen LogP) is 3.18. The molecule has 1 aliphatic rings. The molecule has 2 aromatic carbocycles. The van der Waals surface area contributed by atoms with Crippen molar-refractivity contribution in [3.05, 3.63) is 66.0 Å². The van der Waals surface area contributed by atoms with Crippen molar-refractivity contribution >= 4 is 5.91 Å². The molecule has 34 heavy (non-hydrogen) atoms. The van der Waals surface area contributed by atoms with Gasteiger partial charge in [-0.2, -0.15) is 5.10 Å². The number of benzene rings is 2. The van der Waals surface area contributed by atoms with Gasteiger partial charge in [0.25, 0.3) is 0 Å². The van der Waals surface area contributed by atoms with Crippen molar-refractivity contribution in [2.24, 2.45) is 0 Å². The fourth-order valence-corrected chi connectivity index (χ4v) is 4.30. The Hall–Kier alpha value is -3.52. The van der Waals surface area contributed by atoms with Crippen LogP contribution in [-0.2, 0) is 17.8 Å². The first-order chi connectivity index (χ1) is 16.6. The summed E-state index contributed by atoms with van der Waals surface area (Å²) < 4.78 is 18.3. The Morgan fingerprint density at radius 3 is 2.32 bits per heavy atom. The zero-order valence-corrected chi connectivity index (χ0v) is 20.1. The van der Waals surface area contributed by atoms with E-state index >= 15 is 0 Å². The number of piperazine rings is 1. The molecule has 0 saturated carbocycles. The zero-order chi connectivity index (χ0) is 23.9. The Balaban J connectivity index is 1.28. The summed E-state index contributed by atoms with van der Waals surface area (Å²) in [4.78, 5) is 17.1. The van der Waals surface area contributed by atoms with Gasteiger partial charge in [0.05, 0.1) is 33.2 Å². The molecule has 1 aromatic heterocycles. The second-order valence-electron chi connectivity index (χ2n) is 8.28. The number of ether oxygens (including phenoxy) is 3. The molecular formula is C26H32N4O4. The number of hydrogen-bond acceptors (Lipinski definition) is 6. The highest BCUT2D eigenvalue weighted by atomic mass is 16.5. The molecule has 0 bridgehead atoms. The van der Waals surface area contributed by atoms with Crippen LogP contribution in [0.5, 0.6) is 17.2 Å². The highest BCUT2D eigenvalue weighted by Gasteiger charge is 2.23. The summed E-state index contributed by atoms with van der Waals surface area (Å²) in [5.41, 5.74) is 3.12. The van der Waals surface area contributed by atoms with Crippen LogP contribution in [0.25, 0.3) is 5.69 Å². The van der Waals surface area contributed by atoms with Gasteiger partial charge in [-0.1, -0.05) is 24.3 Å². The van der Waals surface area contributed by atoms with E-state index in [2.05, 4.69) is 10.00 Å². The van der Waals surface area contributed by atoms with Crippen molar-refractivity contribution in [2.45, 2.75) is 19.4 Å². The number of hydrogen-bond donors (Lipinski definition) is 0. The van der Waals surface area contributed by atoms with E-state index in [4.69, 9.17) is 14.2 Å². The van der Waals surface area contributed by atoms with Crippen LogP contribution in [0, 0.1) is 0 Å². The first-order valence-electron chi connectivity index (χ1n) is 11.5. The summed E-state index contributed by atoms with van der Waals surface area (Å²) in [6.45, 7) is 3.80. The molecule has 0 N–H and O–H groups in total. The van der Waals surface area contributed by atoms with Gasteiger partial charge in [0.1, 0.15) is 0 Å². The summed E-state index contributed by atoms with van der Waals surface area (Å²) in [6, 6.07) is 13.9. The van der Waals surface area contributed by atoms with Crippen molar-refractivity contribution in [2.75, 3.05) is 47.5 Å². The Kier molecular flexibility index (Phi) is 7.69. The maximum atomic E-state index is 12.8. The van der Waals surface area contributed by atoms with E-state index in [0.717, 1.165) is 49.5 Å². The number of aryl methyl sites for hydroxylation is 1. The summed E-state index contributed by atoms with van der Waals surface area (Å²) in [5, 5.41) is 4.42. The molecule has 1 saturated heterocycles. The number of methoxy groups -OCH3 is 3. The summed E-state index contributed by atoms with van der Waals surface area (Å²) >= 11 is 0. The molecule has 8 heteroatoms. The second-order valence-corrected chi connectivity index (χ2v) is 8.28. The Labute approximate surface area is 200 Å². The lowest BCUT2D eigenvalue weighted by atomic mass is 10.1. The number of carbonyl (C=O) groups excluding carboxylic acids is 1. The molecule has 1 aliphatic heterocycles. The fourth-order valence-electron chi connectivity index (χ4n) is 4.30. The molecule has 180 valence electrons. The predicted molar refractivity (Wildman–Crippen MR) is 130 cm³/mol. The fraction of sp³-hybridized carbons (Fsp3) is 0.385. The van der Waals surface area contributed by atoms with Crippen LogP contribution >= 0.6 is 0 Å². The van der Waals surface area contributed by atoms with Crippen LogP contribution in [-0.4, -0.2) is 73.0 Å². The highest BCUT2D eigenvalue weighted by molar-refractivity contribution is 5.76. The van der Waals surface area contributed by atoms with E-state index in [9.17, 15) is 4.79 Å². The lowest BCUT2D eigenvalue weighted by Gasteiger charge is -2.35. The molecule has 2 heterocycles. The first kappa shape index (κ1) is 23.6. The van der Waals surface area contributed by atoms with Gasteiger partial charge < -0.3 is 19.1 Å². The van der Waals surface area contributed by atoms with Crippen molar-refractivity contribution < 1.29 is 19.0 Å². The van der Waals surface area contributed by atoms with Gasteiger partial charge in [-0.05, 0) is 30.2 Å².